The molecule has 174 valence electrons. The highest BCUT2D eigenvalue weighted by Gasteiger charge is 2.82. The van der Waals surface area contributed by atoms with Crippen molar-refractivity contribution in [1.29, 1.82) is 0 Å². The summed E-state index contributed by atoms with van der Waals surface area (Å²) in [6, 6.07) is 0. The van der Waals surface area contributed by atoms with E-state index in [1.807, 2.05) is 19.1 Å². The molecule has 8 atom stereocenters. The number of fused-ring (bicyclic) bond motifs is 3. The second-order valence-corrected chi connectivity index (χ2v) is 10.7. The minimum Gasteiger partial charge on any atom is -0.469 e. The van der Waals surface area contributed by atoms with Crippen LogP contribution in [-0.2, 0) is 28.6 Å². The molecule has 1 spiro atoms. The number of methoxy groups -OCH3 is 2. The van der Waals surface area contributed by atoms with Crippen LogP contribution in [0.25, 0.3) is 0 Å². The highest BCUT2D eigenvalue weighted by molar-refractivity contribution is 5.92. The van der Waals surface area contributed by atoms with E-state index in [0.29, 0.717) is 25.7 Å². The summed E-state index contributed by atoms with van der Waals surface area (Å²) in [6.45, 7) is 4.23. The summed E-state index contributed by atoms with van der Waals surface area (Å²) in [5.41, 5.74) is -1.63. The monoisotopic (exact) mass is 444 g/mol. The number of esters is 2. The molecule has 0 aromatic heterocycles. The quantitative estimate of drug-likeness (QED) is 0.404. The Bertz CT molecular complexity index is 952. The van der Waals surface area contributed by atoms with Gasteiger partial charge in [-0.1, -0.05) is 31.6 Å². The van der Waals surface area contributed by atoms with Crippen molar-refractivity contribution in [3.8, 4) is 0 Å². The molecule has 32 heavy (non-hydrogen) atoms. The third-order valence-corrected chi connectivity index (χ3v) is 9.65. The smallest absolute Gasteiger partial charge is 0.309 e. The number of hydrogen-bond donors (Lipinski definition) is 1. The average Bonchev–Trinajstić information content (AvgIpc) is 3.43. The van der Waals surface area contributed by atoms with Crippen LogP contribution in [0.15, 0.2) is 23.8 Å². The van der Waals surface area contributed by atoms with Crippen LogP contribution in [0.4, 0.5) is 0 Å². The summed E-state index contributed by atoms with van der Waals surface area (Å²) in [7, 11) is 2.74. The zero-order valence-corrected chi connectivity index (χ0v) is 19.2. The molecule has 1 aliphatic heterocycles. The van der Waals surface area contributed by atoms with Gasteiger partial charge in [0.15, 0.2) is 5.78 Å². The van der Waals surface area contributed by atoms with Gasteiger partial charge >= 0.3 is 11.9 Å². The molecule has 1 heterocycles. The molecule has 5 aliphatic rings. The number of carbonyl (C=O) groups excluding carboxylic acids is 3. The third-order valence-electron chi connectivity index (χ3n) is 9.65. The van der Waals surface area contributed by atoms with Gasteiger partial charge in [0.05, 0.1) is 31.8 Å². The van der Waals surface area contributed by atoms with Gasteiger partial charge in [-0.05, 0) is 37.7 Å². The van der Waals surface area contributed by atoms with Gasteiger partial charge in [0.25, 0.3) is 0 Å². The zero-order valence-electron chi connectivity index (χ0n) is 19.2. The van der Waals surface area contributed by atoms with Crippen molar-refractivity contribution in [3.63, 3.8) is 0 Å². The first kappa shape index (κ1) is 21.8. The molecule has 0 radical (unpaired) electrons. The maximum atomic E-state index is 13.0. The number of epoxide rings is 1. The van der Waals surface area contributed by atoms with E-state index in [-0.39, 0.29) is 53.9 Å². The largest absolute Gasteiger partial charge is 0.469 e. The summed E-state index contributed by atoms with van der Waals surface area (Å²) in [5.74, 6) is -1.28. The summed E-state index contributed by atoms with van der Waals surface area (Å²) in [5, 5.41) is 11.7. The van der Waals surface area contributed by atoms with Crippen LogP contribution >= 0.6 is 0 Å². The minimum absolute atomic E-state index is 0.103. The van der Waals surface area contributed by atoms with Crippen molar-refractivity contribution in [3.05, 3.63) is 23.8 Å². The van der Waals surface area contributed by atoms with Crippen LogP contribution < -0.4 is 0 Å². The lowest BCUT2D eigenvalue weighted by molar-refractivity contribution is -0.161. The highest BCUT2D eigenvalue weighted by atomic mass is 16.6. The second kappa shape index (κ2) is 6.76. The average molecular weight is 445 g/mol. The van der Waals surface area contributed by atoms with Crippen LogP contribution in [0, 0.1) is 28.6 Å². The molecule has 7 nitrogen and oxygen atoms in total. The van der Waals surface area contributed by atoms with Gasteiger partial charge in [-0.25, -0.2) is 0 Å². The molecule has 2 saturated carbocycles. The Morgan fingerprint density at radius 1 is 1.25 bits per heavy atom. The standard InChI is InChI=1S/C25H32O7/c1-22-8-5-15(26)11-14(22)12-16(21(28)31-4)20-17-6-9-24(29,10-7-19(27)30-3)23(17,2)13-18-25(20,22)32-18/h6,9,11,16-18,20,29H,5,7-8,10,12-13H2,1-4H3/t16?,17?,18-,20?,22+,23+,24-,25-/m1/s1. The molecule has 0 bridgehead atoms. The van der Waals surface area contributed by atoms with Crippen LogP contribution in [-0.4, -0.2) is 54.4 Å². The third kappa shape index (κ3) is 2.52. The van der Waals surface area contributed by atoms with E-state index < -0.39 is 22.5 Å². The Morgan fingerprint density at radius 3 is 2.69 bits per heavy atom. The van der Waals surface area contributed by atoms with Gasteiger partial charge in [-0.2, -0.15) is 0 Å². The van der Waals surface area contributed by atoms with Crippen molar-refractivity contribution >= 4 is 17.7 Å². The van der Waals surface area contributed by atoms with Gasteiger partial charge in [0.2, 0.25) is 0 Å². The lowest BCUT2D eigenvalue weighted by atomic mass is 9.43. The second-order valence-electron chi connectivity index (χ2n) is 10.7. The van der Waals surface area contributed by atoms with Gasteiger partial charge in [0, 0.05) is 29.6 Å². The highest BCUT2D eigenvalue weighted by Crippen LogP contribution is 2.76. The van der Waals surface area contributed by atoms with Crippen molar-refractivity contribution in [2.24, 2.45) is 28.6 Å². The first-order chi connectivity index (χ1) is 15.1. The van der Waals surface area contributed by atoms with Gasteiger partial charge in [-0.15, -0.1) is 0 Å². The molecular formula is C25H32O7. The van der Waals surface area contributed by atoms with Crippen molar-refractivity contribution in [2.45, 2.75) is 69.7 Å². The van der Waals surface area contributed by atoms with E-state index in [0.717, 1.165) is 5.57 Å². The maximum absolute atomic E-state index is 13.0. The Balaban J connectivity index is 1.57. The van der Waals surface area contributed by atoms with Gasteiger partial charge in [-0.3, -0.25) is 14.4 Å². The number of allylic oxidation sites excluding steroid dienone is 2. The van der Waals surface area contributed by atoms with E-state index in [4.69, 9.17) is 14.2 Å². The number of rotatable bonds is 4. The molecule has 7 heteroatoms. The van der Waals surface area contributed by atoms with Crippen LogP contribution in [0.1, 0.15) is 52.4 Å². The summed E-state index contributed by atoms with van der Waals surface area (Å²) < 4.78 is 16.5. The fourth-order valence-corrected chi connectivity index (χ4v) is 7.72. The SMILES string of the molecule is COC(=O)CC[C@]1(O)C=CC2C3C(C(=O)OC)CC4=CC(=O)CC[C@]4(C)[C@]34O[C@@H]4C[C@@]21C. The van der Waals surface area contributed by atoms with Crippen LogP contribution in [0.5, 0.6) is 0 Å². The van der Waals surface area contributed by atoms with E-state index in [1.165, 1.54) is 14.2 Å². The lowest BCUT2D eigenvalue weighted by Gasteiger charge is -2.58. The zero-order chi connectivity index (χ0) is 23.1. The van der Waals surface area contributed by atoms with E-state index >= 15 is 0 Å². The first-order valence-electron chi connectivity index (χ1n) is 11.5. The molecule has 5 rings (SSSR count). The fourth-order valence-electron chi connectivity index (χ4n) is 7.72. The molecule has 3 fully saturated rings. The molecular weight excluding hydrogens is 412 g/mol. The van der Waals surface area contributed by atoms with Gasteiger partial charge < -0.3 is 19.3 Å². The van der Waals surface area contributed by atoms with Crippen molar-refractivity contribution in [2.75, 3.05) is 14.2 Å². The normalized spacial score (nSPS) is 48.0. The minimum atomic E-state index is -1.19. The molecule has 3 unspecified atom stereocenters. The fraction of sp³-hybridized carbons (Fsp3) is 0.720. The summed E-state index contributed by atoms with van der Waals surface area (Å²) >= 11 is 0. The molecule has 1 saturated heterocycles. The predicted octanol–water partition coefficient (Wildman–Crippen LogP) is 2.51. The van der Waals surface area contributed by atoms with Crippen LogP contribution in [0.3, 0.4) is 0 Å². The van der Waals surface area contributed by atoms with E-state index in [9.17, 15) is 19.5 Å². The Kier molecular flexibility index (Phi) is 4.61. The molecule has 0 amide bonds. The Morgan fingerprint density at radius 2 is 2.00 bits per heavy atom. The summed E-state index contributed by atoms with van der Waals surface area (Å²) in [4.78, 5) is 37.1. The van der Waals surface area contributed by atoms with E-state index in [2.05, 4.69) is 6.92 Å². The Labute approximate surface area is 188 Å². The van der Waals surface area contributed by atoms with E-state index in [1.54, 1.807) is 6.08 Å². The predicted molar refractivity (Wildman–Crippen MR) is 113 cm³/mol. The first-order valence-corrected chi connectivity index (χ1v) is 11.5. The maximum Gasteiger partial charge on any atom is 0.309 e. The van der Waals surface area contributed by atoms with Crippen molar-refractivity contribution < 1.29 is 33.7 Å². The number of ketones is 1. The molecule has 4 aliphatic carbocycles. The Hall–Kier alpha value is -1.99. The van der Waals surface area contributed by atoms with Crippen molar-refractivity contribution in [1.82, 2.24) is 0 Å². The van der Waals surface area contributed by atoms with Crippen LogP contribution in [0.2, 0.25) is 0 Å². The lowest BCUT2D eigenvalue weighted by Crippen LogP contribution is -2.63. The molecule has 0 aromatic rings. The summed E-state index contributed by atoms with van der Waals surface area (Å²) in [6.07, 6.45) is 8.13. The number of ether oxygens (including phenoxy) is 3. The van der Waals surface area contributed by atoms with Gasteiger partial charge in [0.1, 0.15) is 5.60 Å². The molecule has 1 N–H and O–H groups in total. The molecule has 0 aromatic carbocycles. The topological polar surface area (TPSA) is 102 Å². The number of hydrogen-bond acceptors (Lipinski definition) is 7. The number of aliphatic hydroxyl groups is 1. The number of carbonyl (C=O) groups is 3.